The fourth-order valence-electron chi connectivity index (χ4n) is 4.76. The van der Waals surface area contributed by atoms with Crippen molar-refractivity contribution in [3.63, 3.8) is 0 Å². The third-order valence-electron chi connectivity index (χ3n) is 6.91. The van der Waals surface area contributed by atoms with E-state index in [1.165, 1.54) is 24.1 Å². The Labute approximate surface area is 264 Å². The van der Waals surface area contributed by atoms with Crippen LogP contribution in [0.4, 0.5) is 5.69 Å². The summed E-state index contributed by atoms with van der Waals surface area (Å²) in [6, 6.07) is 29.7. The minimum Gasteiger partial charge on any atom is -0.497 e. The molecular weight excluding hydrogens is 598 g/mol. The highest BCUT2D eigenvalue weighted by Gasteiger charge is 2.34. The van der Waals surface area contributed by atoms with Crippen LogP contribution in [0.5, 0.6) is 5.75 Å². The standard InChI is InChI=1S/C34H36ClN3O5S/c1-25(2)36-34(40)32(22-26-11-6-4-7-12-26)37(23-27-13-10-14-28(35)21-27)33(39)24-38(29-17-19-30(43-3)20-18-29)44(41,42)31-15-8-5-9-16-31/h4-21,25,32H,22-24H2,1-3H3,(H,36,40)/t32-/m1/s1. The quantitative estimate of drug-likeness (QED) is 0.204. The molecule has 4 aromatic rings. The Balaban J connectivity index is 1.80. The van der Waals surface area contributed by atoms with Gasteiger partial charge in [0.15, 0.2) is 0 Å². The number of sulfonamides is 1. The first kappa shape index (κ1) is 32.6. The maximum Gasteiger partial charge on any atom is 0.264 e. The number of halogens is 1. The normalized spacial score (nSPS) is 11.9. The zero-order valence-electron chi connectivity index (χ0n) is 24.9. The molecule has 1 atom stereocenters. The number of rotatable bonds is 13. The van der Waals surface area contributed by atoms with Crippen molar-refractivity contribution in [2.24, 2.45) is 0 Å². The van der Waals surface area contributed by atoms with Crippen LogP contribution in [0.1, 0.15) is 25.0 Å². The summed E-state index contributed by atoms with van der Waals surface area (Å²) in [6.45, 7) is 3.17. The van der Waals surface area contributed by atoms with Crippen LogP contribution in [0.3, 0.4) is 0 Å². The average molecular weight is 634 g/mol. The number of nitrogens with zero attached hydrogens (tertiary/aromatic N) is 2. The number of anilines is 1. The summed E-state index contributed by atoms with van der Waals surface area (Å²) in [5.74, 6) is -0.366. The maximum atomic E-state index is 14.4. The number of carbonyl (C=O) groups is 2. The van der Waals surface area contributed by atoms with Crippen molar-refractivity contribution in [2.75, 3.05) is 18.0 Å². The number of hydrogen-bond donors (Lipinski definition) is 1. The van der Waals surface area contributed by atoms with Crippen LogP contribution in [-0.4, -0.2) is 50.9 Å². The highest BCUT2D eigenvalue weighted by molar-refractivity contribution is 7.92. The molecule has 0 aromatic heterocycles. The van der Waals surface area contributed by atoms with Gasteiger partial charge in [0.2, 0.25) is 11.8 Å². The number of amides is 2. The van der Waals surface area contributed by atoms with Crippen LogP contribution in [0.25, 0.3) is 0 Å². The molecule has 10 heteroatoms. The predicted molar refractivity (Wildman–Crippen MR) is 173 cm³/mol. The number of ether oxygens (including phenoxy) is 1. The summed E-state index contributed by atoms with van der Waals surface area (Å²) < 4.78 is 34.4. The second-order valence-corrected chi connectivity index (χ2v) is 12.8. The highest BCUT2D eigenvalue weighted by atomic mass is 35.5. The van der Waals surface area contributed by atoms with E-state index in [9.17, 15) is 18.0 Å². The van der Waals surface area contributed by atoms with Crippen LogP contribution in [0.15, 0.2) is 114 Å². The number of methoxy groups -OCH3 is 1. The first-order valence-corrected chi connectivity index (χ1v) is 16.0. The molecule has 0 aliphatic heterocycles. The molecule has 0 bridgehead atoms. The van der Waals surface area contributed by atoms with Crippen molar-refractivity contribution >= 4 is 39.1 Å². The van der Waals surface area contributed by atoms with E-state index in [0.29, 0.717) is 16.3 Å². The van der Waals surface area contributed by atoms with Gasteiger partial charge in [0.25, 0.3) is 10.0 Å². The van der Waals surface area contributed by atoms with Crippen molar-refractivity contribution in [2.45, 2.75) is 43.8 Å². The van der Waals surface area contributed by atoms with E-state index >= 15 is 0 Å². The van der Waals surface area contributed by atoms with E-state index in [-0.39, 0.29) is 35.5 Å². The zero-order valence-corrected chi connectivity index (χ0v) is 26.5. The van der Waals surface area contributed by atoms with Crippen molar-refractivity contribution < 1.29 is 22.7 Å². The second-order valence-electron chi connectivity index (χ2n) is 10.5. The molecule has 44 heavy (non-hydrogen) atoms. The average Bonchev–Trinajstić information content (AvgIpc) is 3.02. The minimum atomic E-state index is -4.18. The fourth-order valence-corrected chi connectivity index (χ4v) is 6.41. The lowest BCUT2D eigenvalue weighted by Crippen LogP contribution is -2.54. The van der Waals surface area contributed by atoms with Gasteiger partial charge in [-0.3, -0.25) is 13.9 Å². The zero-order chi connectivity index (χ0) is 31.7. The molecule has 0 unspecified atom stereocenters. The van der Waals surface area contributed by atoms with Gasteiger partial charge in [-0.2, -0.15) is 0 Å². The molecule has 4 aromatic carbocycles. The lowest BCUT2D eigenvalue weighted by Gasteiger charge is -2.34. The highest BCUT2D eigenvalue weighted by Crippen LogP contribution is 2.27. The van der Waals surface area contributed by atoms with Gasteiger partial charge in [-0.15, -0.1) is 0 Å². The van der Waals surface area contributed by atoms with E-state index in [0.717, 1.165) is 9.87 Å². The van der Waals surface area contributed by atoms with Gasteiger partial charge in [0, 0.05) is 24.0 Å². The molecule has 0 radical (unpaired) electrons. The van der Waals surface area contributed by atoms with Crippen LogP contribution >= 0.6 is 11.6 Å². The van der Waals surface area contributed by atoms with Crippen molar-refractivity contribution in [3.05, 3.63) is 125 Å². The van der Waals surface area contributed by atoms with E-state index in [1.54, 1.807) is 60.7 Å². The molecule has 0 saturated heterocycles. The Bertz CT molecular complexity index is 1650. The second kappa shape index (κ2) is 14.9. The van der Waals surface area contributed by atoms with Gasteiger partial charge >= 0.3 is 0 Å². The topological polar surface area (TPSA) is 96.0 Å². The van der Waals surface area contributed by atoms with Gasteiger partial charge in [0.1, 0.15) is 18.3 Å². The van der Waals surface area contributed by atoms with Crippen molar-refractivity contribution in [3.8, 4) is 5.75 Å². The first-order chi connectivity index (χ1) is 21.1. The fraction of sp³-hybridized carbons (Fsp3) is 0.235. The van der Waals surface area contributed by atoms with Crippen LogP contribution < -0.4 is 14.4 Å². The SMILES string of the molecule is COc1ccc(N(CC(=O)N(Cc2cccc(Cl)c2)[C@H](Cc2ccccc2)C(=O)NC(C)C)S(=O)(=O)c2ccccc2)cc1. The Morgan fingerprint density at radius 2 is 1.45 bits per heavy atom. The molecular formula is C34H36ClN3O5S. The molecule has 2 amide bonds. The Hall–Kier alpha value is -4.34. The van der Waals surface area contributed by atoms with Crippen LogP contribution in [0, 0.1) is 0 Å². The number of nitrogens with one attached hydrogen (secondary N) is 1. The van der Waals surface area contributed by atoms with E-state index < -0.39 is 28.5 Å². The minimum absolute atomic E-state index is 0.0309. The first-order valence-electron chi connectivity index (χ1n) is 14.2. The van der Waals surface area contributed by atoms with Crippen LogP contribution in [0.2, 0.25) is 5.02 Å². The monoisotopic (exact) mass is 633 g/mol. The third-order valence-corrected chi connectivity index (χ3v) is 8.94. The molecule has 0 aliphatic carbocycles. The van der Waals surface area contributed by atoms with Crippen molar-refractivity contribution in [1.29, 1.82) is 0 Å². The third kappa shape index (κ3) is 8.39. The summed E-state index contributed by atoms with van der Waals surface area (Å²) in [6.07, 6.45) is 0.222. The molecule has 4 rings (SSSR count). The van der Waals surface area contributed by atoms with Crippen LogP contribution in [-0.2, 0) is 32.6 Å². The maximum absolute atomic E-state index is 14.4. The molecule has 8 nitrogen and oxygen atoms in total. The number of hydrogen-bond acceptors (Lipinski definition) is 5. The molecule has 0 fully saturated rings. The lowest BCUT2D eigenvalue weighted by molar-refractivity contribution is -0.140. The summed E-state index contributed by atoms with van der Waals surface area (Å²) in [5.41, 5.74) is 1.82. The Morgan fingerprint density at radius 1 is 0.841 bits per heavy atom. The van der Waals surface area contributed by atoms with Gasteiger partial charge < -0.3 is 15.0 Å². The Kier molecular flexibility index (Phi) is 11.0. The smallest absolute Gasteiger partial charge is 0.264 e. The molecule has 0 saturated carbocycles. The van der Waals surface area contributed by atoms with Gasteiger partial charge in [-0.25, -0.2) is 8.42 Å². The number of benzene rings is 4. The van der Waals surface area contributed by atoms with Gasteiger partial charge in [0.05, 0.1) is 17.7 Å². The Morgan fingerprint density at radius 3 is 2.05 bits per heavy atom. The van der Waals surface area contributed by atoms with E-state index in [1.807, 2.05) is 50.2 Å². The molecule has 1 N–H and O–H groups in total. The van der Waals surface area contributed by atoms with E-state index in [4.69, 9.17) is 16.3 Å². The number of carbonyl (C=O) groups excluding carboxylic acids is 2. The van der Waals surface area contributed by atoms with Gasteiger partial charge in [-0.05, 0) is 73.5 Å². The van der Waals surface area contributed by atoms with Gasteiger partial charge in [-0.1, -0.05) is 72.3 Å². The summed E-state index contributed by atoms with van der Waals surface area (Å²) in [5, 5.41) is 3.42. The molecule has 0 aliphatic rings. The predicted octanol–water partition coefficient (Wildman–Crippen LogP) is 5.71. The van der Waals surface area contributed by atoms with Crippen molar-refractivity contribution in [1.82, 2.24) is 10.2 Å². The molecule has 230 valence electrons. The lowest BCUT2D eigenvalue weighted by atomic mass is 10.0. The summed E-state index contributed by atoms with van der Waals surface area (Å²) >= 11 is 6.28. The largest absolute Gasteiger partial charge is 0.497 e. The molecule has 0 spiro atoms. The van der Waals surface area contributed by atoms with E-state index in [2.05, 4.69) is 5.32 Å². The molecule has 0 heterocycles. The summed E-state index contributed by atoms with van der Waals surface area (Å²) in [7, 11) is -2.67. The summed E-state index contributed by atoms with van der Waals surface area (Å²) in [4.78, 5) is 29.6.